The van der Waals surface area contributed by atoms with Crippen LogP contribution in [0, 0.1) is 5.82 Å². The zero-order valence-corrected chi connectivity index (χ0v) is 20.8. The average molecular weight is 562 g/mol. The maximum Gasteiger partial charge on any atom is 0.227 e. The first kappa shape index (κ1) is 24.7. The Bertz CT molecular complexity index is 1080. The molecule has 2 N–H and O–H groups in total. The first-order chi connectivity index (χ1) is 15.6. The van der Waals surface area contributed by atoms with Crippen LogP contribution in [0.25, 0.3) is 5.69 Å². The van der Waals surface area contributed by atoms with Crippen molar-refractivity contribution in [3.63, 3.8) is 0 Å². The van der Waals surface area contributed by atoms with Gasteiger partial charge in [0, 0.05) is 51.4 Å². The molecule has 2 heterocycles. The molecule has 1 amide bonds. The number of benzene rings is 2. The molecule has 0 saturated carbocycles. The molecule has 4 rings (SSSR count). The highest BCUT2D eigenvalue weighted by molar-refractivity contribution is 14.0. The van der Waals surface area contributed by atoms with Crippen LogP contribution in [0.4, 0.5) is 10.1 Å². The highest BCUT2D eigenvalue weighted by Crippen LogP contribution is 2.21. The molecule has 9 heteroatoms. The molecule has 1 saturated heterocycles. The van der Waals surface area contributed by atoms with Crippen molar-refractivity contribution in [1.82, 2.24) is 20.4 Å². The monoisotopic (exact) mass is 562 g/mol. The molecule has 0 spiro atoms. The summed E-state index contributed by atoms with van der Waals surface area (Å²) in [6.45, 7) is 2.11. The lowest BCUT2D eigenvalue weighted by Gasteiger charge is -2.16. The van der Waals surface area contributed by atoms with Crippen LogP contribution in [0.1, 0.15) is 24.1 Å². The minimum atomic E-state index is -0.262. The van der Waals surface area contributed by atoms with E-state index in [-0.39, 0.29) is 35.7 Å². The highest BCUT2D eigenvalue weighted by Gasteiger charge is 2.21. The first-order valence-corrected chi connectivity index (χ1v) is 10.8. The molecule has 0 unspecified atom stereocenters. The van der Waals surface area contributed by atoms with Gasteiger partial charge in [-0.15, -0.1) is 24.0 Å². The summed E-state index contributed by atoms with van der Waals surface area (Å²) in [5, 5.41) is 11.1. The lowest BCUT2D eigenvalue weighted by Crippen LogP contribution is -2.37. The van der Waals surface area contributed by atoms with Gasteiger partial charge in [0.1, 0.15) is 5.82 Å². The van der Waals surface area contributed by atoms with Crippen molar-refractivity contribution in [1.29, 1.82) is 0 Å². The summed E-state index contributed by atoms with van der Waals surface area (Å²) in [5.74, 6) is 0.645. The van der Waals surface area contributed by atoms with E-state index in [0.29, 0.717) is 25.5 Å². The Balaban J connectivity index is 0.00000306. The van der Waals surface area contributed by atoms with E-state index in [0.717, 1.165) is 42.0 Å². The second-order valence-corrected chi connectivity index (χ2v) is 7.65. The number of aromatic nitrogens is 2. The third kappa shape index (κ3) is 6.53. The van der Waals surface area contributed by atoms with Crippen LogP contribution in [0.15, 0.2) is 65.8 Å². The van der Waals surface area contributed by atoms with Crippen molar-refractivity contribution in [2.75, 3.05) is 25.0 Å². The van der Waals surface area contributed by atoms with Crippen molar-refractivity contribution in [3.8, 4) is 5.69 Å². The van der Waals surface area contributed by atoms with Gasteiger partial charge in [0.25, 0.3) is 0 Å². The number of carbonyl (C=O) groups excluding carboxylic acids is 1. The lowest BCUT2D eigenvalue weighted by molar-refractivity contribution is -0.117. The predicted octanol–water partition coefficient (Wildman–Crippen LogP) is 3.66. The van der Waals surface area contributed by atoms with Gasteiger partial charge in [-0.25, -0.2) is 9.07 Å². The third-order valence-electron chi connectivity index (χ3n) is 5.41. The van der Waals surface area contributed by atoms with Gasteiger partial charge in [-0.3, -0.25) is 9.79 Å². The number of carbonyl (C=O) groups is 1. The summed E-state index contributed by atoms with van der Waals surface area (Å²) in [6.07, 6.45) is 4.16. The van der Waals surface area contributed by atoms with E-state index in [1.807, 2.05) is 41.4 Å². The number of hydrogen-bond acceptors (Lipinski definition) is 3. The van der Waals surface area contributed by atoms with Crippen LogP contribution >= 0.6 is 24.0 Å². The zero-order valence-electron chi connectivity index (χ0n) is 18.5. The number of aliphatic imine (C=N–C) groups is 1. The van der Waals surface area contributed by atoms with E-state index in [4.69, 9.17) is 0 Å². The number of guanidine groups is 1. The van der Waals surface area contributed by atoms with Gasteiger partial charge < -0.3 is 15.5 Å². The van der Waals surface area contributed by atoms with Crippen LogP contribution < -0.4 is 15.5 Å². The van der Waals surface area contributed by atoms with Crippen molar-refractivity contribution < 1.29 is 9.18 Å². The minimum absolute atomic E-state index is 0. The van der Waals surface area contributed by atoms with Crippen molar-refractivity contribution in [2.45, 2.75) is 25.8 Å². The number of halogens is 2. The Labute approximate surface area is 210 Å². The van der Waals surface area contributed by atoms with Gasteiger partial charge >= 0.3 is 0 Å². The quantitative estimate of drug-likeness (QED) is 0.262. The van der Waals surface area contributed by atoms with Gasteiger partial charge in [-0.1, -0.05) is 12.1 Å². The topological polar surface area (TPSA) is 74.6 Å². The molecule has 7 nitrogen and oxygen atoms in total. The normalized spacial score (nSPS) is 13.7. The summed E-state index contributed by atoms with van der Waals surface area (Å²) < 4.78 is 14.8. The van der Waals surface area contributed by atoms with Gasteiger partial charge in [-0.2, -0.15) is 5.10 Å². The Morgan fingerprint density at radius 2 is 1.79 bits per heavy atom. The number of hydrogen-bond donors (Lipinski definition) is 2. The van der Waals surface area contributed by atoms with Gasteiger partial charge in [0.2, 0.25) is 5.91 Å². The fourth-order valence-corrected chi connectivity index (χ4v) is 3.66. The molecular formula is C24H28FIN6O. The average Bonchev–Trinajstić information content (AvgIpc) is 3.46. The molecule has 1 aromatic heterocycles. The molecule has 0 aliphatic carbocycles. The maximum atomic E-state index is 13.1. The molecule has 174 valence electrons. The van der Waals surface area contributed by atoms with E-state index in [1.54, 1.807) is 23.9 Å². The number of amides is 1. The van der Waals surface area contributed by atoms with Gasteiger partial charge in [0.05, 0.1) is 11.4 Å². The zero-order chi connectivity index (χ0) is 22.3. The summed E-state index contributed by atoms with van der Waals surface area (Å²) in [6, 6.07) is 16.3. The Morgan fingerprint density at radius 3 is 2.45 bits per heavy atom. The van der Waals surface area contributed by atoms with Crippen LogP contribution in [0.5, 0.6) is 0 Å². The standard InChI is InChI=1S/C24H27FN6O.HI/c1-26-24(28-17-18-4-8-21(9-5-18)30-15-2-3-23(30)32)27-14-12-20-13-16-31(29-20)22-10-6-19(25)7-11-22;/h4-11,13,16H,2-3,12,14-15,17H2,1H3,(H2,26,27,28);1H. The van der Waals surface area contributed by atoms with Crippen molar-refractivity contribution in [2.24, 2.45) is 4.99 Å². The third-order valence-corrected chi connectivity index (χ3v) is 5.41. The summed E-state index contributed by atoms with van der Waals surface area (Å²) in [5.41, 5.74) is 3.83. The van der Waals surface area contributed by atoms with Crippen LogP contribution in [0.3, 0.4) is 0 Å². The summed E-state index contributed by atoms with van der Waals surface area (Å²) in [7, 11) is 1.74. The Morgan fingerprint density at radius 1 is 1.06 bits per heavy atom. The van der Waals surface area contributed by atoms with E-state index in [9.17, 15) is 9.18 Å². The van der Waals surface area contributed by atoms with E-state index >= 15 is 0 Å². The minimum Gasteiger partial charge on any atom is -0.356 e. The van der Waals surface area contributed by atoms with Gasteiger partial charge in [0.15, 0.2) is 5.96 Å². The molecule has 0 radical (unpaired) electrons. The molecule has 3 aromatic rings. The molecule has 1 fully saturated rings. The lowest BCUT2D eigenvalue weighted by atomic mass is 10.2. The number of nitrogens with zero attached hydrogens (tertiary/aromatic N) is 4. The fourth-order valence-electron chi connectivity index (χ4n) is 3.66. The molecule has 33 heavy (non-hydrogen) atoms. The molecule has 2 aromatic carbocycles. The van der Waals surface area contributed by atoms with E-state index in [2.05, 4.69) is 20.7 Å². The molecule has 0 bridgehead atoms. The van der Waals surface area contributed by atoms with Crippen LogP contribution in [0.2, 0.25) is 0 Å². The van der Waals surface area contributed by atoms with E-state index in [1.165, 1.54) is 12.1 Å². The molecule has 1 aliphatic rings. The maximum absolute atomic E-state index is 13.1. The largest absolute Gasteiger partial charge is 0.356 e. The summed E-state index contributed by atoms with van der Waals surface area (Å²) >= 11 is 0. The van der Waals surface area contributed by atoms with Crippen LogP contribution in [-0.4, -0.2) is 41.8 Å². The first-order valence-electron chi connectivity index (χ1n) is 10.8. The Hall–Kier alpha value is -2.95. The number of anilines is 1. The molecule has 1 aliphatic heterocycles. The predicted molar refractivity (Wildman–Crippen MR) is 139 cm³/mol. The summed E-state index contributed by atoms with van der Waals surface area (Å²) in [4.78, 5) is 18.0. The van der Waals surface area contributed by atoms with E-state index < -0.39 is 0 Å². The smallest absolute Gasteiger partial charge is 0.227 e. The second-order valence-electron chi connectivity index (χ2n) is 7.65. The Kier molecular flexibility index (Phi) is 8.81. The SMILES string of the molecule is CN=C(NCCc1ccn(-c2ccc(F)cc2)n1)NCc1ccc(N2CCCC2=O)cc1.I. The van der Waals surface area contributed by atoms with Crippen molar-refractivity contribution >= 4 is 41.5 Å². The highest BCUT2D eigenvalue weighted by atomic mass is 127. The molecule has 0 atom stereocenters. The van der Waals surface area contributed by atoms with Crippen LogP contribution in [-0.2, 0) is 17.8 Å². The fraction of sp³-hybridized carbons (Fsp3) is 0.292. The number of rotatable bonds is 7. The second kappa shape index (κ2) is 11.8. The van der Waals surface area contributed by atoms with Gasteiger partial charge in [-0.05, 0) is 54.4 Å². The molecular weight excluding hydrogens is 534 g/mol. The number of nitrogens with one attached hydrogen (secondary N) is 2. The van der Waals surface area contributed by atoms with Crippen molar-refractivity contribution in [3.05, 3.63) is 77.9 Å².